The van der Waals surface area contributed by atoms with Crippen molar-refractivity contribution in [2.24, 2.45) is 12.9 Å². The number of aryl methyl sites for hydroxylation is 1. The van der Waals surface area contributed by atoms with E-state index in [-0.39, 0.29) is 17.1 Å². The molecule has 2 heterocycles. The first-order valence-corrected chi connectivity index (χ1v) is 6.79. The quantitative estimate of drug-likeness (QED) is 0.478. The Hall–Kier alpha value is -2.58. The molecule has 0 unspecified atom stereocenters. The largest absolute Gasteiger partial charge is 0.329 e. The second kappa shape index (κ2) is 5.32. The van der Waals surface area contributed by atoms with Crippen LogP contribution in [0.2, 0.25) is 5.02 Å². The number of nitrogens with zero attached hydrogens (tertiary/aromatic N) is 3. The molecule has 0 fully saturated rings. The highest BCUT2D eigenvalue weighted by molar-refractivity contribution is 6.30. The molecule has 0 saturated heterocycles. The van der Waals surface area contributed by atoms with Crippen molar-refractivity contribution in [1.29, 1.82) is 0 Å². The lowest BCUT2D eigenvalue weighted by atomic mass is 10.2. The summed E-state index contributed by atoms with van der Waals surface area (Å²) in [6, 6.07) is 7.22. The van der Waals surface area contributed by atoms with Crippen LogP contribution < -0.4 is 22.5 Å². The van der Waals surface area contributed by atoms with Crippen LogP contribution in [0.1, 0.15) is 5.56 Å². The third kappa shape index (κ3) is 2.28. The predicted octanol–water partition coefficient (Wildman–Crippen LogP) is 0.411. The number of imidazole rings is 1. The third-order valence-electron chi connectivity index (χ3n) is 3.37. The van der Waals surface area contributed by atoms with Crippen molar-refractivity contribution < 1.29 is 0 Å². The fraction of sp³-hybridized carbons (Fsp3) is 0.154. The molecule has 0 bridgehead atoms. The van der Waals surface area contributed by atoms with Crippen LogP contribution >= 0.6 is 11.6 Å². The Bertz CT molecular complexity index is 971. The summed E-state index contributed by atoms with van der Waals surface area (Å²) in [7, 11) is 1.53. The molecule has 3 aromatic rings. The van der Waals surface area contributed by atoms with Crippen LogP contribution in [0.4, 0.5) is 5.95 Å². The van der Waals surface area contributed by atoms with Crippen molar-refractivity contribution in [1.82, 2.24) is 19.1 Å². The van der Waals surface area contributed by atoms with Crippen LogP contribution in [0.3, 0.4) is 0 Å². The molecule has 4 N–H and O–H groups in total. The molecule has 3 rings (SSSR count). The number of hydrazine groups is 1. The van der Waals surface area contributed by atoms with Crippen LogP contribution in [0.5, 0.6) is 0 Å². The van der Waals surface area contributed by atoms with E-state index < -0.39 is 11.2 Å². The monoisotopic (exact) mass is 320 g/mol. The number of aromatic nitrogens is 4. The average molecular weight is 321 g/mol. The highest BCUT2D eigenvalue weighted by Crippen LogP contribution is 2.18. The number of nitrogen functional groups attached to an aromatic ring is 1. The molecule has 8 nitrogen and oxygen atoms in total. The number of hydrogen-bond acceptors (Lipinski definition) is 5. The summed E-state index contributed by atoms with van der Waals surface area (Å²) in [5.41, 5.74) is 2.78. The van der Waals surface area contributed by atoms with Crippen molar-refractivity contribution in [2.75, 3.05) is 5.43 Å². The first-order valence-electron chi connectivity index (χ1n) is 6.42. The van der Waals surface area contributed by atoms with E-state index in [1.165, 1.54) is 11.6 Å². The fourth-order valence-electron chi connectivity index (χ4n) is 2.32. The molecular weight excluding hydrogens is 308 g/mol. The van der Waals surface area contributed by atoms with E-state index in [2.05, 4.69) is 15.4 Å². The number of aromatic amines is 1. The number of H-pyrrole nitrogens is 1. The SMILES string of the molecule is Cn1c(=O)[nH]c(=O)c2c1nc(NN)n2Cc1cccc(Cl)c1. The maximum Gasteiger partial charge on any atom is 0.329 e. The van der Waals surface area contributed by atoms with E-state index >= 15 is 0 Å². The number of benzene rings is 1. The Balaban J connectivity index is 2.26. The van der Waals surface area contributed by atoms with Gasteiger partial charge in [0.2, 0.25) is 5.95 Å². The molecular formula is C13H13ClN6O2. The number of halogens is 1. The van der Waals surface area contributed by atoms with Gasteiger partial charge in [-0.2, -0.15) is 4.98 Å². The fourth-order valence-corrected chi connectivity index (χ4v) is 2.53. The highest BCUT2D eigenvalue weighted by atomic mass is 35.5. The molecule has 0 spiro atoms. The summed E-state index contributed by atoms with van der Waals surface area (Å²) in [6.07, 6.45) is 0. The van der Waals surface area contributed by atoms with Gasteiger partial charge in [0, 0.05) is 12.1 Å². The molecule has 0 saturated carbocycles. The number of fused-ring (bicyclic) bond motifs is 1. The van der Waals surface area contributed by atoms with Crippen molar-refractivity contribution in [3.8, 4) is 0 Å². The molecule has 1 aromatic carbocycles. The van der Waals surface area contributed by atoms with Crippen molar-refractivity contribution in [3.63, 3.8) is 0 Å². The summed E-state index contributed by atoms with van der Waals surface area (Å²) in [5.74, 6) is 5.76. The molecule has 2 aromatic heterocycles. The summed E-state index contributed by atoms with van der Waals surface area (Å²) in [6.45, 7) is 0.331. The van der Waals surface area contributed by atoms with E-state index in [0.717, 1.165) is 5.56 Å². The zero-order valence-corrected chi connectivity index (χ0v) is 12.4. The Morgan fingerprint density at radius 1 is 1.41 bits per heavy atom. The number of nitrogens with two attached hydrogens (primary N) is 1. The minimum atomic E-state index is -0.534. The molecule has 0 amide bonds. The van der Waals surface area contributed by atoms with Crippen LogP contribution in [0, 0.1) is 0 Å². The Morgan fingerprint density at radius 3 is 2.86 bits per heavy atom. The Kier molecular flexibility index (Phi) is 3.47. The van der Waals surface area contributed by atoms with Crippen molar-refractivity contribution in [2.45, 2.75) is 6.54 Å². The third-order valence-corrected chi connectivity index (χ3v) is 3.60. The van der Waals surface area contributed by atoms with Crippen molar-refractivity contribution in [3.05, 3.63) is 55.7 Å². The predicted molar refractivity (Wildman–Crippen MR) is 84.0 cm³/mol. The molecule has 22 heavy (non-hydrogen) atoms. The lowest BCUT2D eigenvalue weighted by Crippen LogP contribution is -2.29. The molecule has 0 aliphatic rings. The number of nitrogens with one attached hydrogen (secondary N) is 2. The minimum Gasteiger partial charge on any atom is -0.299 e. The van der Waals surface area contributed by atoms with Gasteiger partial charge in [0.05, 0.1) is 6.54 Å². The van der Waals surface area contributed by atoms with Gasteiger partial charge in [0.15, 0.2) is 11.2 Å². The number of rotatable bonds is 3. The van der Waals surface area contributed by atoms with Gasteiger partial charge in [-0.1, -0.05) is 23.7 Å². The zero-order chi connectivity index (χ0) is 15.9. The molecule has 9 heteroatoms. The standard InChI is InChI=1S/C13H13ClN6O2/c1-19-10-9(11(21)17-13(19)22)20(12(16-10)18-15)6-7-3-2-4-8(14)5-7/h2-5H,6,15H2,1H3,(H,16,18)(H,17,21,22). The van der Waals surface area contributed by atoms with E-state index in [1.54, 1.807) is 16.7 Å². The van der Waals surface area contributed by atoms with Crippen LogP contribution in [-0.4, -0.2) is 19.1 Å². The molecule has 114 valence electrons. The lowest BCUT2D eigenvalue weighted by molar-refractivity contribution is 0.808. The van der Waals surface area contributed by atoms with Gasteiger partial charge in [0.1, 0.15) is 0 Å². The smallest absolute Gasteiger partial charge is 0.299 e. The Labute approximate surface area is 129 Å². The molecule has 0 aliphatic carbocycles. The first-order chi connectivity index (χ1) is 10.5. The topological polar surface area (TPSA) is 111 Å². The summed E-state index contributed by atoms with van der Waals surface area (Å²) in [5, 5.41) is 0.588. The van der Waals surface area contributed by atoms with E-state index in [4.69, 9.17) is 17.4 Å². The van der Waals surface area contributed by atoms with E-state index in [0.29, 0.717) is 11.6 Å². The van der Waals surface area contributed by atoms with Crippen LogP contribution in [0.15, 0.2) is 33.9 Å². The lowest BCUT2D eigenvalue weighted by Gasteiger charge is -2.08. The average Bonchev–Trinajstić information content (AvgIpc) is 2.84. The first kappa shape index (κ1) is 14.4. The van der Waals surface area contributed by atoms with Crippen LogP contribution in [0.25, 0.3) is 11.2 Å². The summed E-state index contributed by atoms with van der Waals surface area (Å²) < 4.78 is 2.85. The van der Waals surface area contributed by atoms with Gasteiger partial charge in [-0.3, -0.25) is 24.3 Å². The molecule has 0 aliphatic heterocycles. The number of anilines is 1. The van der Waals surface area contributed by atoms with Gasteiger partial charge < -0.3 is 0 Å². The van der Waals surface area contributed by atoms with Gasteiger partial charge in [0.25, 0.3) is 5.56 Å². The highest BCUT2D eigenvalue weighted by Gasteiger charge is 2.16. The number of hydrogen-bond donors (Lipinski definition) is 3. The summed E-state index contributed by atoms with van der Waals surface area (Å²) in [4.78, 5) is 30.2. The molecule has 0 atom stereocenters. The van der Waals surface area contributed by atoms with Crippen molar-refractivity contribution >= 4 is 28.7 Å². The summed E-state index contributed by atoms with van der Waals surface area (Å²) >= 11 is 5.98. The maximum absolute atomic E-state index is 12.1. The van der Waals surface area contributed by atoms with Gasteiger partial charge in [-0.25, -0.2) is 10.6 Å². The van der Waals surface area contributed by atoms with Gasteiger partial charge in [-0.05, 0) is 17.7 Å². The second-order valence-corrected chi connectivity index (χ2v) is 5.22. The second-order valence-electron chi connectivity index (χ2n) is 4.79. The normalized spacial score (nSPS) is 11.0. The minimum absolute atomic E-state index is 0.253. The van der Waals surface area contributed by atoms with Gasteiger partial charge >= 0.3 is 5.69 Å². The maximum atomic E-state index is 12.1. The van der Waals surface area contributed by atoms with Gasteiger partial charge in [-0.15, -0.1) is 0 Å². The Morgan fingerprint density at radius 2 is 2.18 bits per heavy atom. The van der Waals surface area contributed by atoms with Crippen LogP contribution in [-0.2, 0) is 13.6 Å². The zero-order valence-electron chi connectivity index (χ0n) is 11.6. The van der Waals surface area contributed by atoms with E-state index in [1.807, 2.05) is 12.1 Å². The van der Waals surface area contributed by atoms with E-state index in [9.17, 15) is 9.59 Å². The molecule has 0 radical (unpaired) electrons.